The molecule has 0 saturated heterocycles. The predicted molar refractivity (Wildman–Crippen MR) is 57.5 cm³/mol. The van der Waals surface area contributed by atoms with Gasteiger partial charge >= 0.3 is 0 Å². The van der Waals surface area contributed by atoms with Crippen LogP contribution in [0, 0.1) is 5.82 Å². The standard InChI is InChI=1S/C10H13BrFN/c1-3-7(2)13-10-6-8(12)4-5-9(10)11/h4-7,13H,3H2,1-2H3. The van der Waals surface area contributed by atoms with Crippen molar-refractivity contribution in [1.82, 2.24) is 0 Å². The van der Waals surface area contributed by atoms with E-state index in [2.05, 4.69) is 35.1 Å². The molecule has 1 atom stereocenters. The summed E-state index contributed by atoms with van der Waals surface area (Å²) < 4.78 is 13.7. The first-order chi connectivity index (χ1) is 6.13. The molecule has 1 aromatic carbocycles. The molecule has 1 rings (SSSR count). The summed E-state index contributed by atoms with van der Waals surface area (Å²) in [6.45, 7) is 4.15. The number of benzene rings is 1. The van der Waals surface area contributed by atoms with Crippen LogP contribution in [0.15, 0.2) is 22.7 Å². The van der Waals surface area contributed by atoms with Crippen LogP contribution in [-0.2, 0) is 0 Å². The predicted octanol–water partition coefficient (Wildman–Crippen LogP) is 3.80. The van der Waals surface area contributed by atoms with Crippen LogP contribution in [0.5, 0.6) is 0 Å². The lowest BCUT2D eigenvalue weighted by molar-refractivity contribution is 0.627. The minimum absolute atomic E-state index is 0.214. The largest absolute Gasteiger partial charge is 0.382 e. The highest BCUT2D eigenvalue weighted by atomic mass is 79.9. The number of hydrogen-bond acceptors (Lipinski definition) is 1. The van der Waals surface area contributed by atoms with Crippen molar-refractivity contribution in [3.8, 4) is 0 Å². The van der Waals surface area contributed by atoms with Gasteiger partial charge in [0.15, 0.2) is 0 Å². The average Bonchev–Trinajstić information content (AvgIpc) is 2.11. The van der Waals surface area contributed by atoms with Gasteiger partial charge in [0.1, 0.15) is 5.82 Å². The molecule has 0 fully saturated rings. The summed E-state index contributed by atoms with van der Waals surface area (Å²) in [6, 6.07) is 5.00. The molecule has 0 amide bonds. The minimum atomic E-state index is -0.214. The maximum absolute atomic E-state index is 12.8. The Morgan fingerprint density at radius 1 is 1.54 bits per heavy atom. The molecule has 3 heteroatoms. The van der Waals surface area contributed by atoms with E-state index < -0.39 is 0 Å². The third kappa shape index (κ3) is 2.99. The zero-order chi connectivity index (χ0) is 9.84. The fourth-order valence-electron chi connectivity index (χ4n) is 0.976. The molecule has 0 spiro atoms. The number of halogens is 2. The van der Waals surface area contributed by atoms with Crippen molar-refractivity contribution < 1.29 is 4.39 Å². The van der Waals surface area contributed by atoms with E-state index in [9.17, 15) is 4.39 Å². The van der Waals surface area contributed by atoms with Gasteiger partial charge in [-0.3, -0.25) is 0 Å². The summed E-state index contributed by atoms with van der Waals surface area (Å²) in [5.74, 6) is -0.214. The van der Waals surface area contributed by atoms with Crippen molar-refractivity contribution in [2.45, 2.75) is 26.3 Å². The molecule has 0 aromatic heterocycles. The molecule has 72 valence electrons. The van der Waals surface area contributed by atoms with Crippen molar-refractivity contribution in [3.05, 3.63) is 28.5 Å². The lowest BCUT2D eigenvalue weighted by Gasteiger charge is -2.14. The van der Waals surface area contributed by atoms with Crippen molar-refractivity contribution >= 4 is 21.6 Å². The van der Waals surface area contributed by atoms with Gasteiger partial charge < -0.3 is 5.32 Å². The van der Waals surface area contributed by atoms with E-state index in [4.69, 9.17) is 0 Å². The second kappa shape index (κ2) is 4.61. The average molecular weight is 246 g/mol. The molecule has 0 aliphatic heterocycles. The molecule has 0 radical (unpaired) electrons. The van der Waals surface area contributed by atoms with Crippen molar-refractivity contribution in [3.63, 3.8) is 0 Å². The number of anilines is 1. The molecule has 0 aliphatic carbocycles. The summed E-state index contributed by atoms with van der Waals surface area (Å²) in [5, 5.41) is 3.21. The summed E-state index contributed by atoms with van der Waals surface area (Å²) in [4.78, 5) is 0. The monoisotopic (exact) mass is 245 g/mol. The van der Waals surface area contributed by atoms with E-state index in [1.165, 1.54) is 12.1 Å². The molecule has 1 unspecified atom stereocenters. The number of rotatable bonds is 3. The van der Waals surface area contributed by atoms with Gasteiger partial charge in [0.2, 0.25) is 0 Å². The van der Waals surface area contributed by atoms with E-state index in [1.807, 2.05) is 0 Å². The number of nitrogens with one attached hydrogen (secondary N) is 1. The quantitative estimate of drug-likeness (QED) is 0.855. The fraction of sp³-hybridized carbons (Fsp3) is 0.400. The smallest absolute Gasteiger partial charge is 0.125 e. The van der Waals surface area contributed by atoms with Crippen LogP contribution in [0.4, 0.5) is 10.1 Å². The van der Waals surface area contributed by atoms with E-state index in [-0.39, 0.29) is 5.82 Å². The lowest BCUT2D eigenvalue weighted by Crippen LogP contribution is -2.13. The van der Waals surface area contributed by atoms with Crippen molar-refractivity contribution in [1.29, 1.82) is 0 Å². The molecular formula is C10H13BrFN. The maximum atomic E-state index is 12.8. The summed E-state index contributed by atoms with van der Waals surface area (Å²) in [7, 11) is 0. The van der Waals surface area contributed by atoms with Gasteiger partial charge in [-0.1, -0.05) is 6.92 Å². The third-order valence-corrected chi connectivity index (χ3v) is 2.63. The highest BCUT2D eigenvalue weighted by molar-refractivity contribution is 9.10. The molecular weight excluding hydrogens is 233 g/mol. The first-order valence-corrected chi connectivity index (χ1v) is 5.14. The molecule has 13 heavy (non-hydrogen) atoms. The Labute approximate surface area is 86.5 Å². The van der Waals surface area contributed by atoms with Gasteiger partial charge in [-0.15, -0.1) is 0 Å². The normalized spacial score (nSPS) is 12.6. The Hall–Kier alpha value is -0.570. The van der Waals surface area contributed by atoms with Crippen LogP contribution in [0.2, 0.25) is 0 Å². The lowest BCUT2D eigenvalue weighted by atomic mass is 10.2. The SMILES string of the molecule is CCC(C)Nc1cc(F)ccc1Br. The van der Waals surface area contributed by atoms with Crippen LogP contribution in [-0.4, -0.2) is 6.04 Å². The summed E-state index contributed by atoms with van der Waals surface area (Å²) in [5.41, 5.74) is 0.814. The molecule has 1 aromatic rings. The molecule has 1 N–H and O–H groups in total. The van der Waals surface area contributed by atoms with Gasteiger partial charge in [0.05, 0.1) is 5.69 Å². The third-order valence-electron chi connectivity index (χ3n) is 1.94. The number of hydrogen-bond donors (Lipinski definition) is 1. The Bertz CT molecular complexity index is 288. The topological polar surface area (TPSA) is 12.0 Å². The Balaban J connectivity index is 2.81. The first kappa shape index (κ1) is 10.5. The Morgan fingerprint density at radius 2 is 2.23 bits per heavy atom. The first-order valence-electron chi connectivity index (χ1n) is 4.35. The Kier molecular flexibility index (Phi) is 3.72. The molecule has 0 saturated carbocycles. The van der Waals surface area contributed by atoms with Gasteiger partial charge in [0, 0.05) is 10.5 Å². The maximum Gasteiger partial charge on any atom is 0.125 e. The van der Waals surface area contributed by atoms with E-state index in [1.54, 1.807) is 6.07 Å². The molecule has 1 nitrogen and oxygen atoms in total. The summed E-state index contributed by atoms with van der Waals surface area (Å²) >= 11 is 3.36. The van der Waals surface area contributed by atoms with E-state index in [0.717, 1.165) is 16.6 Å². The van der Waals surface area contributed by atoms with E-state index in [0.29, 0.717) is 6.04 Å². The van der Waals surface area contributed by atoms with E-state index >= 15 is 0 Å². The second-order valence-corrected chi connectivity index (χ2v) is 3.93. The fourth-order valence-corrected chi connectivity index (χ4v) is 1.34. The minimum Gasteiger partial charge on any atom is -0.382 e. The van der Waals surface area contributed by atoms with Crippen molar-refractivity contribution in [2.75, 3.05) is 5.32 Å². The zero-order valence-corrected chi connectivity index (χ0v) is 9.36. The van der Waals surface area contributed by atoms with Crippen LogP contribution >= 0.6 is 15.9 Å². The molecule has 0 bridgehead atoms. The highest BCUT2D eigenvalue weighted by Crippen LogP contribution is 2.23. The van der Waals surface area contributed by atoms with Crippen LogP contribution in [0.1, 0.15) is 20.3 Å². The van der Waals surface area contributed by atoms with Crippen LogP contribution in [0.25, 0.3) is 0 Å². The zero-order valence-electron chi connectivity index (χ0n) is 7.77. The molecule has 0 aliphatic rings. The van der Waals surface area contributed by atoms with Gasteiger partial charge in [0.25, 0.3) is 0 Å². The van der Waals surface area contributed by atoms with Crippen molar-refractivity contribution in [2.24, 2.45) is 0 Å². The highest BCUT2D eigenvalue weighted by Gasteiger charge is 2.03. The van der Waals surface area contributed by atoms with Gasteiger partial charge in [-0.2, -0.15) is 0 Å². The second-order valence-electron chi connectivity index (χ2n) is 3.08. The van der Waals surface area contributed by atoms with Crippen LogP contribution < -0.4 is 5.32 Å². The van der Waals surface area contributed by atoms with Gasteiger partial charge in [-0.05, 0) is 47.5 Å². The van der Waals surface area contributed by atoms with Crippen LogP contribution in [0.3, 0.4) is 0 Å². The molecule has 0 heterocycles. The Morgan fingerprint density at radius 3 is 2.85 bits per heavy atom. The summed E-state index contributed by atoms with van der Waals surface area (Å²) in [6.07, 6.45) is 1.02. The van der Waals surface area contributed by atoms with Gasteiger partial charge in [-0.25, -0.2) is 4.39 Å².